The van der Waals surface area contributed by atoms with Crippen LogP contribution < -0.4 is 10.1 Å². The minimum absolute atomic E-state index is 0.0560. The third-order valence-electron chi connectivity index (χ3n) is 3.77. The summed E-state index contributed by atoms with van der Waals surface area (Å²) >= 11 is 0. The van der Waals surface area contributed by atoms with Crippen molar-refractivity contribution >= 4 is 5.96 Å². The summed E-state index contributed by atoms with van der Waals surface area (Å²) in [6.45, 7) is 2.03. The van der Waals surface area contributed by atoms with Gasteiger partial charge in [0.25, 0.3) is 0 Å². The normalized spacial score (nSPS) is 12.1. The molecular weight excluding hydrogens is 359 g/mol. The van der Waals surface area contributed by atoms with Crippen molar-refractivity contribution in [3.63, 3.8) is 0 Å². The summed E-state index contributed by atoms with van der Waals surface area (Å²) in [4.78, 5) is 10.4. The van der Waals surface area contributed by atoms with E-state index in [4.69, 9.17) is 4.74 Å². The lowest BCUT2D eigenvalue weighted by Crippen LogP contribution is -2.38. The van der Waals surface area contributed by atoms with Gasteiger partial charge in [0.05, 0.1) is 13.1 Å². The van der Waals surface area contributed by atoms with E-state index in [0.717, 1.165) is 5.69 Å². The fourth-order valence-corrected chi connectivity index (χ4v) is 2.43. The number of nitrogens with zero attached hydrogens (tertiary/aromatic N) is 4. The Kier molecular flexibility index (Phi) is 7.09. The summed E-state index contributed by atoms with van der Waals surface area (Å²) in [5, 5.41) is 3.19. The van der Waals surface area contributed by atoms with Crippen LogP contribution in [0.3, 0.4) is 0 Å². The highest BCUT2D eigenvalue weighted by Gasteiger charge is 2.29. The summed E-state index contributed by atoms with van der Waals surface area (Å²) < 4.78 is 44.1. The molecule has 0 unspecified atom stereocenters. The molecule has 2 heterocycles. The molecular formula is C18H24F3N5O. The number of hydrogen-bond donors (Lipinski definition) is 1. The Morgan fingerprint density at radius 2 is 2.11 bits per heavy atom. The van der Waals surface area contributed by atoms with Crippen molar-refractivity contribution in [2.45, 2.75) is 26.2 Å². The van der Waals surface area contributed by atoms with Crippen LogP contribution in [0.4, 0.5) is 13.2 Å². The first-order valence-corrected chi connectivity index (χ1v) is 8.53. The molecule has 0 saturated heterocycles. The SMILES string of the molecule is CCNC(=NCc1cccnc1OCC(F)(F)F)N(C)Cc1cccn1C. The second-order valence-electron chi connectivity index (χ2n) is 6.01. The monoisotopic (exact) mass is 383 g/mol. The Hall–Kier alpha value is -2.71. The molecule has 0 fully saturated rings. The molecule has 0 saturated carbocycles. The van der Waals surface area contributed by atoms with Crippen LogP contribution in [-0.4, -0.2) is 46.8 Å². The highest BCUT2D eigenvalue weighted by Crippen LogP contribution is 2.20. The highest BCUT2D eigenvalue weighted by molar-refractivity contribution is 5.79. The number of pyridine rings is 1. The molecule has 0 atom stereocenters. The molecule has 0 bridgehead atoms. The van der Waals surface area contributed by atoms with Gasteiger partial charge in [0.1, 0.15) is 0 Å². The lowest BCUT2D eigenvalue weighted by molar-refractivity contribution is -0.154. The summed E-state index contributed by atoms with van der Waals surface area (Å²) in [6.07, 6.45) is -1.05. The van der Waals surface area contributed by atoms with E-state index in [1.54, 1.807) is 12.1 Å². The maximum atomic E-state index is 12.4. The smallest absolute Gasteiger partial charge is 0.422 e. The Balaban J connectivity index is 2.11. The molecule has 2 aromatic rings. The lowest BCUT2D eigenvalue weighted by atomic mass is 10.3. The van der Waals surface area contributed by atoms with Crippen molar-refractivity contribution in [1.82, 2.24) is 19.8 Å². The van der Waals surface area contributed by atoms with E-state index in [1.165, 1.54) is 6.20 Å². The topological polar surface area (TPSA) is 54.7 Å². The third kappa shape index (κ3) is 6.50. The van der Waals surface area contributed by atoms with Crippen molar-refractivity contribution in [2.24, 2.45) is 12.0 Å². The summed E-state index contributed by atoms with van der Waals surface area (Å²) in [6, 6.07) is 7.28. The number of halogens is 3. The molecule has 148 valence electrons. The largest absolute Gasteiger partial charge is 0.468 e. The van der Waals surface area contributed by atoms with Crippen molar-refractivity contribution in [3.05, 3.63) is 47.9 Å². The van der Waals surface area contributed by atoms with E-state index in [9.17, 15) is 13.2 Å². The van der Waals surface area contributed by atoms with Gasteiger partial charge in [-0.05, 0) is 25.1 Å². The molecule has 0 aliphatic heterocycles. The average molecular weight is 383 g/mol. The molecule has 2 aromatic heterocycles. The number of ether oxygens (including phenoxy) is 1. The Morgan fingerprint density at radius 3 is 2.74 bits per heavy atom. The van der Waals surface area contributed by atoms with Crippen LogP contribution in [0.1, 0.15) is 18.2 Å². The van der Waals surface area contributed by atoms with Gasteiger partial charge >= 0.3 is 6.18 Å². The van der Waals surface area contributed by atoms with E-state index in [1.807, 2.05) is 48.8 Å². The second-order valence-corrected chi connectivity index (χ2v) is 6.01. The first kappa shape index (κ1) is 20.6. The number of aryl methyl sites for hydroxylation is 1. The van der Waals surface area contributed by atoms with E-state index in [-0.39, 0.29) is 12.4 Å². The molecule has 6 nitrogen and oxygen atoms in total. The van der Waals surface area contributed by atoms with Crippen LogP contribution in [0.15, 0.2) is 41.7 Å². The molecule has 9 heteroatoms. The van der Waals surface area contributed by atoms with Gasteiger partial charge in [0, 0.05) is 44.3 Å². The molecule has 0 spiro atoms. The van der Waals surface area contributed by atoms with Crippen LogP contribution in [0.25, 0.3) is 0 Å². The zero-order chi connectivity index (χ0) is 19.9. The molecule has 0 aliphatic rings. The van der Waals surface area contributed by atoms with Crippen LogP contribution in [0.5, 0.6) is 5.88 Å². The fraction of sp³-hybridized carbons (Fsp3) is 0.444. The van der Waals surface area contributed by atoms with Crippen molar-refractivity contribution < 1.29 is 17.9 Å². The molecule has 2 rings (SSSR count). The molecule has 0 aromatic carbocycles. The first-order valence-electron chi connectivity index (χ1n) is 8.53. The van der Waals surface area contributed by atoms with Crippen molar-refractivity contribution in [3.8, 4) is 5.88 Å². The Morgan fingerprint density at radius 1 is 1.33 bits per heavy atom. The van der Waals surface area contributed by atoms with Gasteiger partial charge in [-0.25, -0.2) is 9.98 Å². The predicted octanol–water partition coefficient (Wildman–Crippen LogP) is 2.96. The third-order valence-corrected chi connectivity index (χ3v) is 3.77. The van der Waals surface area contributed by atoms with Gasteiger partial charge in [0.15, 0.2) is 12.6 Å². The van der Waals surface area contributed by atoms with Gasteiger partial charge < -0.3 is 19.5 Å². The fourth-order valence-electron chi connectivity index (χ4n) is 2.43. The quantitative estimate of drug-likeness (QED) is 0.590. The number of nitrogens with one attached hydrogen (secondary N) is 1. The standard InChI is InChI=1S/C18H24F3N5O/c1-4-22-17(26(3)12-15-8-6-10-25(15)2)24-11-14-7-5-9-23-16(14)27-13-18(19,20)21/h5-10H,4,11-13H2,1-3H3,(H,22,24). The zero-order valence-electron chi connectivity index (χ0n) is 15.6. The van der Waals surface area contributed by atoms with Gasteiger partial charge in [-0.2, -0.15) is 13.2 Å². The lowest BCUT2D eigenvalue weighted by Gasteiger charge is -2.22. The van der Waals surface area contributed by atoms with Gasteiger partial charge in [-0.3, -0.25) is 0 Å². The Bertz CT molecular complexity index is 757. The molecule has 1 N–H and O–H groups in total. The molecule has 0 aliphatic carbocycles. The number of aromatic nitrogens is 2. The molecule has 0 radical (unpaired) electrons. The number of guanidine groups is 1. The van der Waals surface area contributed by atoms with E-state index in [2.05, 4.69) is 15.3 Å². The number of alkyl halides is 3. The van der Waals surface area contributed by atoms with Gasteiger partial charge in [-0.1, -0.05) is 6.07 Å². The highest BCUT2D eigenvalue weighted by atomic mass is 19.4. The van der Waals surface area contributed by atoms with Gasteiger partial charge in [0.2, 0.25) is 5.88 Å². The van der Waals surface area contributed by atoms with Crippen LogP contribution in [0.2, 0.25) is 0 Å². The minimum atomic E-state index is -4.41. The average Bonchev–Trinajstić information content (AvgIpc) is 3.01. The van der Waals surface area contributed by atoms with Crippen LogP contribution >= 0.6 is 0 Å². The van der Waals surface area contributed by atoms with Crippen molar-refractivity contribution in [2.75, 3.05) is 20.2 Å². The van der Waals surface area contributed by atoms with E-state index in [0.29, 0.717) is 24.6 Å². The second kappa shape index (κ2) is 9.29. The summed E-state index contributed by atoms with van der Waals surface area (Å²) in [5.41, 5.74) is 1.60. The number of hydrogen-bond acceptors (Lipinski definition) is 3. The molecule has 0 amide bonds. The number of aliphatic imine (C=N–C) groups is 1. The summed E-state index contributed by atoms with van der Waals surface area (Å²) in [7, 11) is 3.87. The van der Waals surface area contributed by atoms with Gasteiger partial charge in [-0.15, -0.1) is 0 Å². The summed E-state index contributed by atoms with van der Waals surface area (Å²) in [5.74, 6) is 0.587. The maximum Gasteiger partial charge on any atom is 0.422 e. The first-order chi connectivity index (χ1) is 12.8. The number of rotatable bonds is 7. The zero-order valence-corrected chi connectivity index (χ0v) is 15.6. The van der Waals surface area contributed by atoms with E-state index < -0.39 is 12.8 Å². The van der Waals surface area contributed by atoms with E-state index >= 15 is 0 Å². The molecule has 27 heavy (non-hydrogen) atoms. The Labute approximate surface area is 156 Å². The van der Waals surface area contributed by atoms with Crippen LogP contribution in [-0.2, 0) is 20.1 Å². The van der Waals surface area contributed by atoms with Crippen molar-refractivity contribution in [1.29, 1.82) is 0 Å². The maximum absolute atomic E-state index is 12.4. The minimum Gasteiger partial charge on any atom is -0.468 e. The van der Waals surface area contributed by atoms with Crippen LogP contribution in [0, 0.1) is 0 Å². The predicted molar refractivity (Wildman–Crippen MR) is 97.5 cm³/mol.